The molecular formula is C13H14F3N3OS. The third-order valence-electron chi connectivity index (χ3n) is 2.86. The van der Waals surface area contributed by atoms with Gasteiger partial charge in [-0.3, -0.25) is 0 Å². The Balaban J connectivity index is 2.14. The summed E-state index contributed by atoms with van der Waals surface area (Å²) in [5.74, 6) is 1.39. The van der Waals surface area contributed by atoms with Crippen LogP contribution in [0.3, 0.4) is 0 Å². The van der Waals surface area contributed by atoms with Gasteiger partial charge >= 0.3 is 6.18 Å². The summed E-state index contributed by atoms with van der Waals surface area (Å²) in [6, 6.07) is 4.22. The SMILES string of the molecule is CSCCC(N)c1nc(-c2ccc(C(F)(F)F)cc2)no1. The molecule has 2 aromatic rings. The standard InChI is InChI=1S/C13H14F3N3OS/c1-21-7-6-10(17)12-18-11(19-20-12)8-2-4-9(5-3-8)13(14,15)16/h2-5,10H,6-7,17H2,1H3. The number of nitrogens with two attached hydrogens (primary N) is 1. The van der Waals surface area contributed by atoms with Crippen LogP contribution >= 0.6 is 11.8 Å². The van der Waals surface area contributed by atoms with Gasteiger partial charge in [-0.2, -0.15) is 29.9 Å². The first-order valence-electron chi connectivity index (χ1n) is 6.17. The second-order valence-electron chi connectivity index (χ2n) is 4.42. The summed E-state index contributed by atoms with van der Waals surface area (Å²) >= 11 is 1.66. The molecule has 1 unspecified atom stereocenters. The fourth-order valence-corrected chi connectivity index (χ4v) is 2.17. The van der Waals surface area contributed by atoms with Crippen molar-refractivity contribution in [3.05, 3.63) is 35.7 Å². The van der Waals surface area contributed by atoms with E-state index >= 15 is 0 Å². The summed E-state index contributed by atoms with van der Waals surface area (Å²) in [5.41, 5.74) is 5.63. The van der Waals surface area contributed by atoms with Crippen LogP contribution in [0.4, 0.5) is 13.2 Å². The highest BCUT2D eigenvalue weighted by molar-refractivity contribution is 7.98. The van der Waals surface area contributed by atoms with Crippen molar-refractivity contribution in [3.63, 3.8) is 0 Å². The highest BCUT2D eigenvalue weighted by Crippen LogP contribution is 2.30. The lowest BCUT2D eigenvalue weighted by Crippen LogP contribution is -2.11. The van der Waals surface area contributed by atoms with Gasteiger partial charge in [-0.05, 0) is 30.6 Å². The van der Waals surface area contributed by atoms with Crippen LogP contribution in [0.1, 0.15) is 23.9 Å². The van der Waals surface area contributed by atoms with Crippen molar-refractivity contribution in [2.75, 3.05) is 12.0 Å². The fraction of sp³-hybridized carbons (Fsp3) is 0.385. The number of halogens is 3. The molecule has 0 bridgehead atoms. The van der Waals surface area contributed by atoms with Crippen LogP contribution < -0.4 is 5.73 Å². The van der Waals surface area contributed by atoms with Crippen molar-refractivity contribution in [1.82, 2.24) is 10.1 Å². The molecule has 0 spiro atoms. The summed E-state index contributed by atoms with van der Waals surface area (Å²) in [4.78, 5) is 4.13. The molecule has 0 saturated heterocycles. The van der Waals surface area contributed by atoms with Gasteiger partial charge in [0.2, 0.25) is 11.7 Å². The lowest BCUT2D eigenvalue weighted by atomic mass is 10.1. The van der Waals surface area contributed by atoms with Gasteiger partial charge in [0.1, 0.15) is 0 Å². The van der Waals surface area contributed by atoms with Crippen LogP contribution in [0.5, 0.6) is 0 Å². The molecular weight excluding hydrogens is 303 g/mol. The monoisotopic (exact) mass is 317 g/mol. The van der Waals surface area contributed by atoms with Gasteiger partial charge in [0.05, 0.1) is 11.6 Å². The largest absolute Gasteiger partial charge is 0.416 e. The number of alkyl halides is 3. The van der Waals surface area contributed by atoms with E-state index in [1.54, 1.807) is 11.8 Å². The van der Waals surface area contributed by atoms with E-state index in [0.29, 0.717) is 17.9 Å². The van der Waals surface area contributed by atoms with Crippen molar-refractivity contribution < 1.29 is 17.7 Å². The molecule has 0 radical (unpaired) electrons. The Morgan fingerprint density at radius 2 is 1.95 bits per heavy atom. The Labute approximate surface area is 123 Å². The average molecular weight is 317 g/mol. The number of thioether (sulfide) groups is 1. The smallest absolute Gasteiger partial charge is 0.337 e. The Kier molecular flexibility index (Phi) is 4.89. The number of aromatic nitrogens is 2. The van der Waals surface area contributed by atoms with E-state index in [0.717, 1.165) is 17.9 Å². The molecule has 1 aromatic heterocycles. The zero-order valence-corrected chi connectivity index (χ0v) is 12.0. The normalized spacial score (nSPS) is 13.4. The van der Waals surface area contributed by atoms with Crippen LogP contribution in [0.15, 0.2) is 28.8 Å². The highest BCUT2D eigenvalue weighted by atomic mass is 32.2. The molecule has 0 aliphatic rings. The molecule has 1 aromatic carbocycles. The van der Waals surface area contributed by atoms with Crippen molar-refractivity contribution in [2.45, 2.75) is 18.6 Å². The van der Waals surface area contributed by atoms with Gasteiger partial charge in [0, 0.05) is 5.56 Å². The quantitative estimate of drug-likeness (QED) is 0.914. The van der Waals surface area contributed by atoms with E-state index in [-0.39, 0.29) is 11.9 Å². The number of hydrogen-bond donors (Lipinski definition) is 1. The summed E-state index contributed by atoms with van der Waals surface area (Å²) < 4.78 is 42.5. The van der Waals surface area contributed by atoms with Crippen LogP contribution in [0, 0.1) is 0 Å². The molecule has 2 rings (SSSR count). The molecule has 0 fully saturated rings. The molecule has 0 aliphatic heterocycles. The highest BCUT2D eigenvalue weighted by Gasteiger charge is 2.30. The predicted octanol–water partition coefficient (Wildman–Crippen LogP) is 3.51. The molecule has 0 amide bonds. The van der Waals surface area contributed by atoms with Gasteiger partial charge in [-0.15, -0.1) is 0 Å². The Bertz CT molecular complexity index is 583. The first kappa shape index (κ1) is 15.8. The Morgan fingerprint density at radius 3 is 2.52 bits per heavy atom. The van der Waals surface area contributed by atoms with Gasteiger partial charge < -0.3 is 10.3 Å². The molecule has 2 N–H and O–H groups in total. The minimum Gasteiger partial charge on any atom is -0.337 e. The van der Waals surface area contributed by atoms with E-state index in [1.165, 1.54) is 12.1 Å². The number of nitrogens with zero attached hydrogens (tertiary/aromatic N) is 2. The molecule has 0 aliphatic carbocycles. The van der Waals surface area contributed by atoms with Crippen LogP contribution in [-0.4, -0.2) is 22.1 Å². The molecule has 1 heterocycles. The maximum atomic E-state index is 12.5. The second-order valence-corrected chi connectivity index (χ2v) is 5.40. The zero-order chi connectivity index (χ0) is 15.5. The third kappa shape index (κ3) is 3.98. The zero-order valence-electron chi connectivity index (χ0n) is 11.2. The van der Waals surface area contributed by atoms with E-state index in [9.17, 15) is 13.2 Å². The van der Waals surface area contributed by atoms with Crippen molar-refractivity contribution >= 4 is 11.8 Å². The Hall–Kier alpha value is -1.54. The average Bonchev–Trinajstić information content (AvgIpc) is 2.94. The van der Waals surface area contributed by atoms with Gasteiger partial charge in [-0.25, -0.2) is 0 Å². The molecule has 21 heavy (non-hydrogen) atoms. The fourth-order valence-electron chi connectivity index (χ4n) is 1.68. The van der Waals surface area contributed by atoms with Gasteiger partial charge in [0.25, 0.3) is 0 Å². The van der Waals surface area contributed by atoms with E-state index in [4.69, 9.17) is 10.3 Å². The molecule has 1 atom stereocenters. The topological polar surface area (TPSA) is 64.9 Å². The van der Waals surface area contributed by atoms with E-state index < -0.39 is 11.7 Å². The maximum absolute atomic E-state index is 12.5. The number of rotatable bonds is 5. The third-order valence-corrected chi connectivity index (χ3v) is 3.51. The van der Waals surface area contributed by atoms with Crippen molar-refractivity contribution in [2.24, 2.45) is 5.73 Å². The summed E-state index contributed by atoms with van der Waals surface area (Å²) in [7, 11) is 0. The molecule has 4 nitrogen and oxygen atoms in total. The maximum Gasteiger partial charge on any atom is 0.416 e. The van der Waals surface area contributed by atoms with Crippen molar-refractivity contribution in [1.29, 1.82) is 0 Å². The first-order valence-corrected chi connectivity index (χ1v) is 7.57. The van der Waals surface area contributed by atoms with Gasteiger partial charge in [-0.1, -0.05) is 17.3 Å². The lowest BCUT2D eigenvalue weighted by molar-refractivity contribution is -0.137. The van der Waals surface area contributed by atoms with Crippen LogP contribution in [0.2, 0.25) is 0 Å². The first-order chi connectivity index (χ1) is 9.91. The van der Waals surface area contributed by atoms with E-state index in [2.05, 4.69) is 10.1 Å². The summed E-state index contributed by atoms with van der Waals surface area (Å²) in [5, 5.41) is 3.75. The minimum atomic E-state index is -4.36. The molecule has 0 saturated carbocycles. The summed E-state index contributed by atoms with van der Waals surface area (Å²) in [6.45, 7) is 0. The minimum absolute atomic E-state index is 0.235. The lowest BCUT2D eigenvalue weighted by Gasteiger charge is -2.06. The van der Waals surface area contributed by atoms with Gasteiger partial charge in [0.15, 0.2) is 0 Å². The van der Waals surface area contributed by atoms with Crippen molar-refractivity contribution in [3.8, 4) is 11.4 Å². The van der Waals surface area contributed by atoms with E-state index in [1.807, 2.05) is 6.26 Å². The number of hydrogen-bond acceptors (Lipinski definition) is 5. The summed E-state index contributed by atoms with van der Waals surface area (Å²) in [6.07, 6.45) is -1.70. The predicted molar refractivity (Wildman–Crippen MR) is 74.7 cm³/mol. The second kappa shape index (κ2) is 6.48. The Morgan fingerprint density at radius 1 is 1.29 bits per heavy atom. The van der Waals surface area contributed by atoms with Crippen LogP contribution in [-0.2, 0) is 6.18 Å². The van der Waals surface area contributed by atoms with Crippen LogP contribution in [0.25, 0.3) is 11.4 Å². The molecule has 114 valence electrons. The molecule has 8 heteroatoms. The number of benzene rings is 1.